The Labute approximate surface area is 363 Å². The Morgan fingerprint density at radius 3 is 1.43 bits per heavy atom. The van der Waals surface area contributed by atoms with Gasteiger partial charge in [0.05, 0.1) is 13.2 Å². The number of aryl methyl sites for hydroxylation is 4. The molecule has 0 aromatic carbocycles. The first-order valence-electron chi connectivity index (χ1n) is 23.7. The monoisotopic (exact) mass is 866 g/mol. The Bertz CT molecular complexity index is 1500. The molecule has 0 radical (unpaired) electrons. The van der Waals surface area contributed by atoms with Gasteiger partial charge >= 0.3 is 19.8 Å². The largest absolute Gasteiger partial charge is 0.472 e. The highest BCUT2D eigenvalue weighted by Gasteiger charge is 2.26. The molecule has 2 N–H and O–H groups in total. The number of ether oxygens (including phenoxy) is 2. The van der Waals surface area contributed by atoms with E-state index in [1.165, 1.54) is 79.4 Å². The van der Waals surface area contributed by atoms with Crippen molar-refractivity contribution in [3.05, 3.63) is 45.3 Å². The summed E-state index contributed by atoms with van der Waals surface area (Å²) in [6, 6.07) is 0. The highest BCUT2D eigenvalue weighted by atomic mass is 31.2. The van der Waals surface area contributed by atoms with Crippen molar-refractivity contribution >= 4 is 19.8 Å². The number of furan rings is 2. The van der Waals surface area contributed by atoms with Gasteiger partial charge in [-0.3, -0.25) is 18.6 Å². The van der Waals surface area contributed by atoms with E-state index in [2.05, 4.69) is 46.9 Å². The lowest BCUT2D eigenvalue weighted by Crippen LogP contribution is -2.29. The fraction of sp³-hybridized carbons (Fsp3) is 0.792. The van der Waals surface area contributed by atoms with E-state index in [4.69, 9.17) is 27.4 Å². The number of hydrogen-bond donors (Lipinski definition) is 2. The molecule has 1 unspecified atom stereocenters. The molecule has 0 spiro atoms. The Morgan fingerprint density at radius 2 is 0.983 bits per heavy atom. The highest BCUT2D eigenvalue weighted by molar-refractivity contribution is 7.47. The molecular formula is C48H84NO10P. The molecule has 0 fully saturated rings. The summed E-state index contributed by atoms with van der Waals surface area (Å²) >= 11 is 0. The molecule has 2 atom stereocenters. The Balaban J connectivity index is 1.60. The van der Waals surface area contributed by atoms with Crippen LogP contribution < -0.4 is 5.32 Å². The number of likely N-dealkylation sites (N-methyl/N-ethyl adjacent to an activating group) is 1. The normalized spacial score (nSPS) is 13.1. The smallest absolute Gasteiger partial charge is 0.466 e. The van der Waals surface area contributed by atoms with Crippen LogP contribution in [0.15, 0.2) is 8.83 Å². The van der Waals surface area contributed by atoms with Crippen LogP contribution in [0.25, 0.3) is 0 Å². The quantitative estimate of drug-likeness (QED) is 0.0378. The van der Waals surface area contributed by atoms with Gasteiger partial charge in [-0.25, -0.2) is 4.57 Å². The lowest BCUT2D eigenvalue weighted by Gasteiger charge is -2.20. The second-order valence-corrected chi connectivity index (χ2v) is 18.2. The third-order valence-corrected chi connectivity index (χ3v) is 12.6. The number of rotatable bonds is 38. The molecule has 2 rings (SSSR count). The summed E-state index contributed by atoms with van der Waals surface area (Å²) in [5.41, 5.74) is 5.28. The van der Waals surface area contributed by atoms with Crippen LogP contribution in [0.1, 0.15) is 200 Å². The molecule has 0 bridgehead atoms. The summed E-state index contributed by atoms with van der Waals surface area (Å²) in [5, 5.41) is 2.83. The first-order chi connectivity index (χ1) is 28.9. The van der Waals surface area contributed by atoms with Crippen LogP contribution in [0.4, 0.5) is 0 Å². The van der Waals surface area contributed by atoms with Gasteiger partial charge in [-0.2, -0.15) is 0 Å². The second-order valence-electron chi connectivity index (χ2n) is 16.8. The zero-order valence-corrected chi connectivity index (χ0v) is 39.8. The average molecular weight is 866 g/mol. The van der Waals surface area contributed by atoms with Gasteiger partial charge in [-0.05, 0) is 95.5 Å². The van der Waals surface area contributed by atoms with Crippen LogP contribution in [-0.4, -0.2) is 56.3 Å². The van der Waals surface area contributed by atoms with Crippen molar-refractivity contribution in [2.75, 3.05) is 33.4 Å². The lowest BCUT2D eigenvalue weighted by atomic mass is 10.0. The number of carbonyl (C=O) groups is 2. The van der Waals surface area contributed by atoms with Crippen molar-refractivity contribution in [3.63, 3.8) is 0 Å². The van der Waals surface area contributed by atoms with Gasteiger partial charge < -0.3 is 28.5 Å². The first kappa shape index (κ1) is 53.7. The van der Waals surface area contributed by atoms with Crippen molar-refractivity contribution < 1.29 is 46.4 Å². The molecule has 2 aromatic heterocycles. The molecule has 0 aliphatic rings. The molecule has 60 heavy (non-hydrogen) atoms. The Morgan fingerprint density at radius 1 is 0.567 bits per heavy atom. The number of carbonyl (C=O) groups excluding carboxylic acids is 2. The molecule has 12 heteroatoms. The number of phosphoric ester groups is 1. The van der Waals surface area contributed by atoms with E-state index in [9.17, 15) is 19.0 Å². The van der Waals surface area contributed by atoms with E-state index in [0.717, 1.165) is 107 Å². The lowest BCUT2D eigenvalue weighted by molar-refractivity contribution is -0.161. The summed E-state index contributed by atoms with van der Waals surface area (Å²) in [7, 11) is -2.68. The van der Waals surface area contributed by atoms with Gasteiger partial charge in [-0.1, -0.05) is 104 Å². The molecule has 0 saturated heterocycles. The predicted molar refractivity (Wildman–Crippen MR) is 241 cm³/mol. The number of unbranched alkanes of at least 4 members (excludes halogenated alkanes) is 16. The molecule has 2 heterocycles. The van der Waals surface area contributed by atoms with Crippen LogP contribution in [0.2, 0.25) is 0 Å². The topological polar surface area (TPSA) is 147 Å². The van der Waals surface area contributed by atoms with Gasteiger partial charge in [0.25, 0.3) is 0 Å². The van der Waals surface area contributed by atoms with Crippen molar-refractivity contribution in [2.45, 2.75) is 215 Å². The molecule has 0 aliphatic carbocycles. The number of phosphoric acid groups is 1. The third-order valence-electron chi connectivity index (χ3n) is 11.6. The number of esters is 2. The molecule has 0 amide bonds. The molecule has 11 nitrogen and oxygen atoms in total. The zero-order valence-electron chi connectivity index (χ0n) is 38.9. The van der Waals surface area contributed by atoms with Crippen LogP contribution in [0.5, 0.6) is 0 Å². The summed E-state index contributed by atoms with van der Waals surface area (Å²) in [4.78, 5) is 35.3. The fourth-order valence-electron chi connectivity index (χ4n) is 7.48. The van der Waals surface area contributed by atoms with E-state index < -0.39 is 32.5 Å². The van der Waals surface area contributed by atoms with Gasteiger partial charge in [-0.15, -0.1) is 0 Å². The maximum absolute atomic E-state index is 12.7. The minimum Gasteiger partial charge on any atom is -0.466 e. The Kier molecular flexibility index (Phi) is 28.9. The third kappa shape index (κ3) is 23.1. The van der Waals surface area contributed by atoms with Gasteiger partial charge in [0.1, 0.15) is 29.6 Å². The molecule has 346 valence electrons. The van der Waals surface area contributed by atoms with Crippen molar-refractivity contribution in [1.29, 1.82) is 0 Å². The minimum atomic E-state index is -4.37. The summed E-state index contributed by atoms with van der Waals surface area (Å²) < 4.78 is 45.7. The van der Waals surface area contributed by atoms with E-state index in [1.807, 2.05) is 0 Å². The van der Waals surface area contributed by atoms with Gasteiger partial charge in [0.15, 0.2) is 6.10 Å². The van der Waals surface area contributed by atoms with E-state index >= 15 is 0 Å². The summed E-state index contributed by atoms with van der Waals surface area (Å²) in [6.45, 7) is 12.8. The van der Waals surface area contributed by atoms with Crippen LogP contribution in [0, 0.1) is 27.7 Å². The molecule has 0 aliphatic heterocycles. The van der Waals surface area contributed by atoms with E-state index in [0.29, 0.717) is 19.4 Å². The fourth-order valence-corrected chi connectivity index (χ4v) is 8.24. The summed E-state index contributed by atoms with van der Waals surface area (Å²) in [5.74, 6) is 3.79. The SMILES string of the molecule is CCCCCc1oc(CCCCCCCCCCC(=O)OC[C@H](COP(=O)(O)OCCNC)OC(=O)CCCCCCCCCCc2oc(CCC)c(C)c2C)c(C)c1C. The van der Waals surface area contributed by atoms with Crippen molar-refractivity contribution in [3.8, 4) is 0 Å². The van der Waals surface area contributed by atoms with Crippen LogP contribution in [-0.2, 0) is 58.4 Å². The van der Waals surface area contributed by atoms with E-state index in [-0.39, 0.29) is 26.1 Å². The highest BCUT2D eigenvalue weighted by Crippen LogP contribution is 2.43. The van der Waals surface area contributed by atoms with Gasteiger partial charge in [0, 0.05) is 45.1 Å². The molecule has 2 aromatic rings. The van der Waals surface area contributed by atoms with E-state index in [1.54, 1.807) is 7.05 Å². The molecular weight excluding hydrogens is 781 g/mol. The second kappa shape index (κ2) is 32.3. The minimum absolute atomic E-state index is 0.0286. The van der Waals surface area contributed by atoms with Gasteiger partial charge in [0.2, 0.25) is 0 Å². The predicted octanol–water partition coefficient (Wildman–Crippen LogP) is 12.4. The average Bonchev–Trinajstić information content (AvgIpc) is 3.64. The molecule has 0 saturated carbocycles. The maximum atomic E-state index is 12.7. The van der Waals surface area contributed by atoms with Crippen LogP contribution >= 0.6 is 7.82 Å². The van der Waals surface area contributed by atoms with Crippen molar-refractivity contribution in [2.24, 2.45) is 0 Å². The van der Waals surface area contributed by atoms with Crippen LogP contribution in [0.3, 0.4) is 0 Å². The number of nitrogens with one attached hydrogen (secondary N) is 1. The first-order valence-corrected chi connectivity index (χ1v) is 25.2. The van der Waals surface area contributed by atoms with Crippen molar-refractivity contribution in [1.82, 2.24) is 5.32 Å². The Hall–Kier alpha value is -2.43. The maximum Gasteiger partial charge on any atom is 0.472 e. The summed E-state index contributed by atoms with van der Waals surface area (Å²) in [6.07, 6.45) is 25.2. The zero-order chi connectivity index (χ0) is 44.0. The number of hydrogen-bond acceptors (Lipinski definition) is 10. The standard InChI is InChI=1S/C48H84NO10P/c1-8-10-23-29-44-40(5)41(6)46(59-44)31-25-20-15-11-13-17-21-26-32-47(50)54-36-42(37-56-60(52,53)55-35-34-49-7)57-48(51)33-27-22-18-14-12-16-19-24-30-45-39(4)38(3)43(58-45)28-9-2/h42,49H,8-37H2,1-7H3,(H,52,53)/t42-/m1/s1.